The third kappa shape index (κ3) is 4.54. The van der Waals surface area contributed by atoms with E-state index in [1.165, 1.54) is 50.6 Å². The van der Waals surface area contributed by atoms with Crippen LogP contribution in [0.15, 0.2) is 60.0 Å². The summed E-state index contributed by atoms with van der Waals surface area (Å²) < 4.78 is 38.2. The van der Waals surface area contributed by atoms with Gasteiger partial charge in [0.2, 0.25) is 0 Å². The first-order valence-corrected chi connectivity index (χ1v) is 9.13. The molecule has 8 heteroatoms. The summed E-state index contributed by atoms with van der Waals surface area (Å²) in [6.07, 6.45) is 1.54. The third-order valence-electron chi connectivity index (χ3n) is 3.46. The number of hydrogen-bond acceptors (Lipinski definition) is 5. The smallest absolute Gasteiger partial charge is 0.262 e. The molecule has 0 aliphatic rings. The van der Waals surface area contributed by atoms with Crippen molar-refractivity contribution in [1.29, 1.82) is 0 Å². The maximum absolute atomic E-state index is 12.7. The summed E-state index contributed by atoms with van der Waals surface area (Å²) in [7, 11) is -1.02. The number of methoxy groups -OCH3 is 2. The molecule has 0 aromatic heterocycles. The van der Waals surface area contributed by atoms with Crippen molar-refractivity contribution >= 4 is 21.6 Å². The molecule has 0 atom stereocenters. The highest BCUT2D eigenvalue weighted by atomic mass is 32.2. The van der Waals surface area contributed by atoms with Crippen molar-refractivity contribution in [1.82, 2.24) is 5.32 Å². The molecule has 0 spiro atoms. The molecule has 0 fully saturated rings. The van der Waals surface area contributed by atoms with Gasteiger partial charge in [-0.05, 0) is 30.3 Å². The van der Waals surface area contributed by atoms with Crippen LogP contribution < -0.4 is 19.5 Å². The summed E-state index contributed by atoms with van der Waals surface area (Å²) >= 11 is 0. The van der Waals surface area contributed by atoms with Crippen LogP contribution in [0, 0.1) is 0 Å². The van der Waals surface area contributed by atoms with Gasteiger partial charge in [-0.3, -0.25) is 9.52 Å². The van der Waals surface area contributed by atoms with Crippen molar-refractivity contribution in [3.8, 4) is 11.5 Å². The highest BCUT2D eigenvalue weighted by molar-refractivity contribution is 7.92. The number of nitrogens with one attached hydrogen (secondary N) is 2. The van der Waals surface area contributed by atoms with Gasteiger partial charge >= 0.3 is 0 Å². The maximum atomic E-state index is 12.7. The minimum absolute atomic E-state index is 0.0476. The van der Waals surface area contributed by atoms with Crippen molar-refractivity contribution in [2.24, 2.45) is 0 Å². The fourth-order valence-electron chi connectivity index (χ4n) is 2.17. The zero-order valence-electron chi connectivity index (χ0n) is 14.5. The third-order valence-corrected chi connectivity index (χ3v) is 4.83. The van der Waals surface area contributed by atoms with Crippen LogP contribution in [0.3, 0.4) is 0 Å². The first kappa shape index (κ1) is 19.3. The fourth-order valence-corrected chi connectivity index (χ4v) is 3.28. The van der Waals surface area contributed by atoms with E-state index in [0.717, 1.165) is 0 Å². The summed E-state index contributed by atoms with van der Waals surface area (Å²) in [4.78, 5) is 12.0. The number of ether oxygens (including phenoxy) is 2. The summed E-state index contributed by atoms with van der Waals surface area (Å²) in [5.74, 6) is 0.427. The molecule has 0 saturated heterocycles. The van der Waals surface area contributed by atoms with E-state index in [2.05, 4.69) is 16.6 Å². The van der Waals surface area contributed by atoms with E-state index in [4.69, 9.17) is 9.47 Å². The molecular formula is C18H20N2O5S. The summed E-state index contributed by atoms with van der Waals surface area (Å²) in [5, 5.41) is 2.60. The van der Waals surface area contributed by atoms with Crippen LogP contribution in [0.25, 0.3) is 0 Å². The van der Waals surface area contributed by atoms with Crippen molar-refractivity contribution in [2.75, 3.05) is 25.5 Å². The van der Waals surface area contributed by atoms with Crippen LogP contribution >= 0.6 is 0 Å². The number of anilines is 1. The number of carbonyl (C=O) groups is 1. The number of hydrogen-bond donors (Lipinski definition) is 2. The lowest BCUT2D eigenvalue weighted by atomic mass is 10.2. The molecule has 0 unspecified atom stereocenters. The van der Waals surface area contributed by atoms with E-state index in [0.29, 0.717) is 11.5 Å². The Morgan fingerprint density at radius 3 is 2.58 bits per heavy atom. The average Bonchev–Trinajstić information content (AvgIpc) is 2.65. The van der Waals surface area contributed by atoms with Gasteiger partial charge in [0.1, 0.15) is 11.5 Å². The number of sulfonamides is 1. The van der Waals surface area contributed by atoms with Gasteiger partial charge in [0.15, 0.2) is 0 Å². The molecule has 0 heterocycles. The molecule has 138 valence electrons. The highest BCUT2D eigenvalue weighted by Crippen LogP contribution is 2.30. The minimum Gasteiger partial charge on any atom is -0.497 e. The second-order valence-corrected chi connectivity index (χ2v) is 6.88. The molecule has 0 radical (unpaired) electrons. The monoisotopic (exact) mass is 376 g/mol. The molecule has 2 aromatic carbocycles. The topological polar surface area (TPSA) is 93.7 Å². The Labute approximate surface area is 152 Å². The number of benzene rings is 2. The predicted molar refractivity (Wildman–Crippen MR) is 99.3 cm³/mol. The Kier molecular flexibility index (Phi) is 6.24. The van der Waals surface area contributed by atoms with Crippen molar-refractivity contribution < 1.29 is 22.7 Å². The van der Waals surface area contributed by atoms with Gasteiger partial charge in [0.25, 0.3) is 15.9 Å². The number of carbonyl (C=O) groups excluding carboxylic acids is 1. The van der Waals surface area contributed by atoms with E-state index in [9.17, 15) is 13.2 Å². The number of rotatable bonds is 8. The first-order valence-electron chi connectivity index (χ1n) is 7.65. The normalized spacial score (nSPS) is 10.7. The van der Waals surface area contributed by atoms with E-state index in [1.807, 2.05) is 0 Å². The molecule has 2 rings (SSSR count). The van der Waals surface area contributed by atoms with Crippen LogP contribution in [0.1, 0.15) is 10.4 Å². The Hall–Kier alpha value is -3.00. The average molecular weight is 376 g/mol. The quantitative estimate of drug-likeness (QED) is 0.690. The van der Waals surface area contributed by atoms with Crippen molar-refractivity contribution in [2.45, 2.75) is 4.90 Å². The second kappa shape index (κ2) is 8.39. The zero-order chi connectivity index (χ0) is 19.2. The summed E-state index contributed by atoms with van der Waals surface area (Å²) in [6, 6.07) is 10.5. The van der Waals surface area contributed by atoms with Crippen LogP contribution in [0.2, 0.25) is 0 Å². The van der Waals surface area contributed by atoms with Gasteiger partial charge in [-0.25, -0.2) is 8.42 Å². The molecule has 0 aliphatic heterocycles. The van der Waals surface area contributed by atoms with E-state index < -0.39 is 10.0 Å². The SMILES string of the molecule is C=CCNC(=O)c1cccc(S(=O)(=O)Nc2cc(OC)ccc2OC)c1. The first-order chi connectivity index (χ1) is 12.4. The van der Waals surface area contributed by atoms with Gasteiger partial charge < -0.3 is 14.8 Å². The van der Waals surface area contributed by atoms with Crippen LogP contribution in [0.5, 0.6) is 11.5 Å². The molecule has 0 bridgehead atoms. The van der Waals surface area contributed by atoms with E-state index in [-0.39, 0.29) is 28.6 Å². The van der Waals surface area contributed by atoms with Gasteiger partial charge in [0, 0.05) is 18.2 Å². The Balaban J connectivity index is 2.34. The number of amides is 1. The lowest BCUT2D eigenvalue weighted by molar-refractivity contribution is 0.0958. The standard InChI is InChI=1S/C18H20N2O5S/c1-4-10-19-18(21)13-6-5-7-15(11-13)26(22,23)20-16-12-14(24-2)8-9-17(16)25-3/h4-9,11-12,20H,1,10H2,2-3H3,(H,19,21). The van der Waals surface area contributed by atoms with Gasteiger partial charge in [-0.2, -0.15) is 0 Å². The molecule has 26 heavy (non-hydrogen) atoms. The molecule has 1 amide bonds. The van der Waals surface area contributed by atoms with Crippen LogP contribution in [-0.2, 0) is 10.0 Å². The molecule has 7 nitrogen and oxygen atoms in total. The summed E-state index contributed by atoms with van der Waals surface area (Å²) in [5.41, 5.74) is 0.459. The van der Waals surface area contributed by atoms with Crippen LogP contribution in [0.4, 0.5) is 5.69 Å². The lowest BCUT2D eigenvalue weighted by Crippen LogP contribution is -2.23. The van der Waals surface area contributed by atoms with Gasteiger partial charge in [-0.1, -0.05) is 12.1 Å². The van der Waals surface area contributed by atoms with E-state index in [1.54, 1.807) is 12.1 Å². The molecule has 0 aliphatic carbocycles. The van der Waals surface area contributed by atoms with Crippen LogP contribution in [-0.4, -0.2) is 35.1 Å². The van der Waals surface area contributed by atoms with E-state index >= 15 is 0 Å². The Morgan fingerprint density at radius 1 is 1.15 bits per heavy atom. The molecule has 2 N–H and O–H groups in total. The largest absolute Gasteiger partial charge is 0.497 e. The maximum Gasteiger partial charge on any atom is 0.262 e. The summed E-state index contributed by atoms with van der Waals surface area (Å²) in [6.45, 7) is 3.80. The minimum atomic E-state index is -3.93. The fraction of sp³-hybridized carbons (Fsp3) is 0.167. The van der Waals surface area contributed by atoms with Gasteiger partial charge in [-0.15, -0.1) is 6.58 Å². The molecule has 0 saturated carbocycles. The predicted octanol–water partition coefficient (Wildman–Crippen LogP) is 2.42. The van der Waals surface area contributed by atoms with Crippen molar-refractivity contribution in [3.63, 3.8) is 0 Å². The highest BCUT2D eigenvalue weighted by Gasteiger charge is 2.19. The zero-order valence-corrected chi connectivity index (χ0v) is 15.3. The lowest BCUT2D eigenvalue weighted by Gasteiger charge is -2.13. The second-order valence-electron chi connectivity index (χ2n) is 5.20. The van der Waals surface area contributed by atoms with Crippen molar-refractivity contribution in [3.05, 3.63) is 60.7 Å². The Morgan fingerprint density at radius 2 is 1.92 bits per heavy atom. The van der Waals surface area contributed by atoms with Gasteiger partial charge in [0.05, 0.1) is 24.8 Å². The molecule has 2 aromatic rings. The Bertz CT molecular complexity index is 910. The molecular weight excluding hydrogens is 356 g/mol.